The highest BCUT2D eigenvalue weighted by Crippen LogP contribution is 2.72. The van der Waals surface area contributed by atoms with Crippen molar-refractivity contribution in [3.8, 4) is 0 Å². The van der Waals surface area contributed by atoms with E-state index >= 15 is 8.78 Å². The quantitative estimate of drug-likeness (QED) is 0.189. The number of carbonyl (C=O) groups excluding carboxylic acids is 7. The number of aliphatic hydroxyl groups is 2. The molecule has 350 valence electrons. The van der Waals surface area contributed by atoms with Crippen molar-refractivity contribution in [1.82, 2.24) is 10.2 Å². The van der Waals surface area contributed by atoms with Crippen molar-refractivity contribution in [3.63, 3.8) is 0 Å². The lowest BCUT2D eigenvalue weighted by Crippen LogP contribution is -2.70. The number of halogens is 2. The van der Waals surface area contributed by atoms with Gasteiger partial charge in [0, 0.05) is 71.4 Å². The normalized spacial score (nSPS) is 34.4. The Balaban J connectivity index is 0.882. The van der Waals surface area contributed by atoms with E-state index in [2.05, 4.69) is 10.6 Å². The van der Waals surface area contributed by atoms with Crippen LogP contribution in [0.15, 0.2) is 84.5 Å². The first kappa shape index (κ1) is 47.0. The van der Waals surface area contributed by atoms with E-state index in [1.807, 2.05) is 43.3 Å². The van der Waals surface area contributed by atoms with Crippen LogP contribution in [0.5, 0.6) is 0 Å². The highest BCUT2D eigenvalue weighted by atomic mass is 19.1. The number of hydrogen-bond acceptors (Lipinski definition) is 11. The molecule has 2 aromatic rings. The number of ketones is 3. The van der Waals surface area contributed by atoms with Gasteiger partial charge in [-0.3, -0.25) is 38.5 Å². The Morgan fingerprint density at radius 1 is 0.909 bits per heavy atom. The van der Waals surface area contributed by atoms with Crippen LogP contribution in [0.2, 0.25) is 0 Å². The molecule has 1 saturated heterocycles. The maximum absolute atomic E-state index is 17.8. The van der Waals surface area contributed by atoms with Gasteiger partial charge < -0.3 is 30.3 Å². The third-order valence-electron chi connectivity index (χ3n) is 15.6. The molecule has 2 aromatic carbocycles. The molecule has 4 aliphatic carbocycles. The molecular weight excluding hydrogens is 857 g/mol. The molecule has 0 radical (unpaired) electrons. The van der Waals surface area contributed by atoms with Gasteiger partial charge in [-0.1, -0.05) is 63.2 Å². The van der Waals surface area contributed by atoms with Crippen molar-refractivity contribution in [2.75, 3.05) is 18.5 Å². The zero-order chi connectivity index (χ0) is 47.7. The maximum Gasteiger partial charge on any atom is 0.253 e. The molecular formula is C50H55F2N3O11. The molecule has 4 amide bonds. The van der Waals surface area contributed by atoms with Crippen LogP contribution in [0.4, 0.5) is 14.5 Å². The minimum absolute atomic E-state index is 0.00218. The Bertz CT molecular complexity index is 2440. The Labute approximate surface area is 380 Å². The molecule has 3 saturated carbocycles. The molecule has 4 N–H and O–H groups in total. The Kier molecular flexibility index (Phi) is 12.3. The molecule has 2 aliphatic heterocycles. The molecule has 2 heterocycles. The lowest BCUT2D eigenvalue weighted by molar-refractivity contribution is -0.235. The molecule has 16 heteroatoms. The van der Waals surface area contributed by atoms with Gasteiger partial charge in [0.25, 0.3) is 11.8 Å². The number of rotatable bonds is 14. The number of anilines is 1. The van der Waals surface area contributed by atoms with Crippen LogP contribution in [0.25, 0.3) is 0 Å². The Morgan fingerprint density at radius 2 is 1.55 bits per heavy atom. The third-order valence-corrected chi connectivity index (χ3v) is 15.6. The summed E-state index contributed by atoms with van der Waals surface area (Å²) in [6, 6.07) is 13.8. The van der Waals surface area contributed by atoms with Gasteiger partial charge in [0.1, 0.15) is 12.8 Å². The minimum Gasteiger partial charge on any atom is -0.390 e. The van der Waals surface area contributed by atoms with Crippen LogP contribution >= 0.6 is 0 Å². The molecule has 13 atom stereocenters. The van der Waals surface area contributed by atoms with E-state index in [1.54, 1.807) is 26.0 Å². The van der Waals surface area contributed by atoms with Crippen molar-refractivity contribution in [1.29, 1.82) is 0 Å². The average molecular weight is 912 g/mol. The summed E-state index contributed by atoms with van der Waals surface area (Å²) in [6.07, 6.45) is 0.00289. The van der Waals surface area contributed by atoms with Gasteiger partial charge in [0.05, 0.1) is 18.2 Å². The molecule has 6 aliphatic rings. The number of benzene rings is 2. The number of ether oxygens (including phenoxy) is 2. The van der Waals surface area contributed by atoms with Crippen LogP contribution < -0.4 is 10.6 Å². The number of nitrogens with one attached hydrogen (secondary N) is 2. The predicted molar refractivity (Wildman–Crippen MR) is 233 cm³/mol. The van der Waals surface area contributed by atoms with E-state index in [-0.39, 0.29) is 61.8 Å². The predicted octanol–water partition coefficient (Wildman–Crippen LogP) is 4.83. The zero-order valence-corrected chi connectivity index (χ0v) is 37.4. The first-order valence-electron chi connectivity index (χ1n) is 22.5. The fourth-order valence-corrected chi connectivity index (χ4v) is 11.8. The van der Waals surface area contributed by atoms with E-state index in [0.717, 1.165) is 34.3 Å². The number of alkyl halides is 2. The summed E-state index contributed by atoms with van der Waals surface area (Å²) in [4.78, 5) is 88.8. The minimum atomic E-state index is -2.35. The van der Waals surface area contributed by atoms with E-state index in [4.69, 9.17) is 9.47 Å². The Morgan fingerprint density at radius 3 is 2.18 bits per heavy atom. The van der Waals surface area contributed by atoms with Crippen LogP contribution in [-0.4, -0.2) is 105 Å². The van der Waals surface area contributed by atoms with Gasteiger partial charge in [-0.15, -0.1) is 0 Å². The largest absolute Gasteiger partial charge is 0.390 e. The fourth-order valence-electron chi connectivity index (χ4n) is 11.8. The maximum atomic E-state index is 17.8. The summed E-state index contributed by atoms with van der Waals surface area (Å²) in [6.45, 7) is 7.38. The van der Waals surface area contributed by atoms with Gasteiger partial charge in [-0.05, 0) is 80.0 Å². The number of nitrogens with zero attached hydrogens (tertiary/aromatic N) is 1. The number of aliphatic hydroxyl groups excluding tert-OH is 2. The van der Waals surface area contributed by atoms with Crippen LogP contribution in [-0.2, 0) is 43.0 Å². The molecule has 4 fully saturated rings. The second-order valence-electron chi connectivity index (χ2n) is 19.3. The van der Waals surface area contributed by atoms with E-state index in [1.165, 1.54) is 26.0 Å². The number of imide groups is 1. The molecule has 0 spiro atoms. The second-order valence-corrected chi connectivity index (χ2v) is 19.3. The van der Waals surface area contributed by atoms with Crippen molar-refractivity contribution in [2.45, 2.75) is 115 Å². The summed E-state index contributed by atoms with van der Waals surface area (Å²) >= 11 is 0. The molecule has 0 unspecified atom stereocenters. The first-order chi connectivity index (χ1) is 31.2. The molecule has 66 heavy (non-hydrogen) atoms. The van der Waals surface area contributed by atoms with Gasteiger partial charge in [0.2, 0.25) is 11.8 Å². The van der Waals surface area contributed by atoms with Gasteiger partial charge in [0.15, 0.2) is 34.9 Å². The summed E-state index contributed by atoms with van der Waals surface area (Å²) in [5.74, 6) is -5.89. The molecule has 14 nitrogen and oxygen atoms in total. The van der Waals surface area contributed by atoms with Crippen molar-refractivity contribution >= 4 is 46.7 Å². The first-order valence-corrected chi connectivity index (χ1v) is 22.5. The molecule has 0 aromatic heterocycles. The van der Waals surface area contributed by atoms with E-state index in [0.29, 0.717) is 11.3 Å². The zero-order valence-electron chi connectivity index (χ0n) is 37.4. The third kappa shape index (κ3) is 7.49. The number of hydrogen-bond donors (Lipinski definition) is 4. The van der Waals surface area contributed by atoms with E-state index < -0.39 is 106 Å². The van der Waals surface area contributed by atoms with Gasteiger partial charge in [-0.25, -0.2) is 8.78 Å². The van der Waals surface area contributed by atoms with Crippen molar-refractivity contribution in [2.24, 2.45) is 28.6 Å². The highest BCUT2D eigenvalue weighted by molar-refractivity contribution is 6.13. The fraction of sp³-hybridized carbons (Fsp3) is 0.500. The molecule has 0 bridgehead atoms. The number of Topliss-reactive ketones (excluding diaryl/α,β-unsaturated/α-hetero) is 2. The topological polar surface area (TPSA) is 206 Å². The standard InChI is InChI=1S/C50H55F2N3O11/c1-26(20-38(58)28(3)53-42(61)17-19-55-43(62)14-15-44(55)63)45(64)54-32-12-10-30(11-13-32)27(2)29-6-8-31(9-7-29)46-65-41-23-34-35-22-37(51)36-21-33(57)16-18-47(36,4)49(35,52)39(59)24-48(34,5)50(41,66-46)40(60)25-56/h6-16,18,21,26-28,34-35,37,39,41,46,56,59H,17,19-20,22-25H2,1-5H3,(H,53,61)(H,54,64)/t26-,27+,28+,34+,35+,37+,39+,41-,46-,47+,48+,49+,50-/m1/s1. The number of allylic oxidation sites excluding steroid dienone is 4. The highest BCUT2D eigenvalue weighted by Gasteiger charge is 2.80. The average Bonchev–Trinajstić information content (AvgIpc) is 3.92. The van der Waals surface area contributed by atoms with Gasteiger partial charge in [-0.2, -0.15) is 0 Å². The Hall–Kier alpha value is -5.55. The number of amides is 4. The monoisotopic (exact) mass is 911 g/mol. The van der Waals surface area contributed by atoms with E-state index in [9.17, 15) is 43.8 Å². The summed E-state index contributed by atoms with van der Waals surface area (Å²) in [5.41, 5.74) is -3.97. The van der Waals surface area contributed by atoms with Crippen molar-refractivity contribution in [3.05, 3.63) is 101 Å². The SMILES string of the molecule is C[C@H](c1ccc(NC(=O)[C@H](C)CC(=O)[C@H](C)NC(=O)CCN2C(=O)C=CC2=O)cc1)c1ccc([C@@H]2O[C@@H]3C[C@H]4[C@@H]5C[C@H](F)C6=CC(=O)C=C[C@]6(C)[C@@]5(F)[C@@H](O)C[C@]4(C)[C@]3(C(=O)CO)O2)cc1. The second kappa shape index (κ2) is 17.3. The number of carbonyl (C=O) groups is 7. The lowest BCUT2D eigenvalue weighted by Gasteiger charge is -2.63. The summed E-state index contributed by atoms with van der Waals surface area (Å²) in [5, 5.41) is 27.5. The summed E-state index contributed by atoms with van der Waals surface area (Å²) in [7, 11) is 0. The van der Waals surface area contributed by atoms with Crippen LogP contribution in [0.3, 0.4) is 0 Å². The van der Waals surface area contributed by atoms with Crippen molar-refractivity contribution < 1.29 is 62.0 Å². The summed E-state index contributed by atoms with van der Waals surface area (Å²) < 4.78 is 46.9. The molecule has 8 rings (SSSR count). The van der Waals surface area contributed by atoms with Gasteiger partial charge >= 0.3 is 0 Å². The van der Waals surface area contributed by atoms with Crippen LogP contribution in [0.1, 0.15) is 95.6 Å². The smallest absolute Gasteiger partial charge is 0.253 e. The lowest BCUT2D eigenvalue weighted by atomic mass is 9.44. The number of fused-ring (bicyclic) bond motifs is 7. The van der Waals surface area contributed by atoms with Crippen LogP contribution in [0, 0.1) is 28.6 Å².